The van der Waals surface area contributed by atoms with Crippen molar-refractivity contribution in [3.8, 4) is 0 Å². The van der Waals surface area contributed by atoms with Gasteiger partial charge in [0.05, 0.1) is 16.7 Å². The van der Waals surface area contributed by atoms with Gasteiger partial charge in [-0.3, -0.25) is 10.1 Å². The van der Waals surface area contributed by atoms with E-state index in [-0.39, 0.29) is 23.7 Å². The Morgan fingerprint density at radius 1 is 1.20 bits per heavy atom. The average molecular weight is 294 g/mol. The molecule has 5 nitrogen and oxygen atoms in total. The Kier molecular flexibility index (Phi) is 3.30. The van der Waals surface area contributed by atoms with Crippen LogP contribution in [0.15, 0.2) is 29.2 Å². The van der Waals surface area contributed by atoms with E-state index in [0.29, 0.717) is 11.3 Å². The van der Waals surface area contributed by atoms with Crippen molar-refractivity contribution in [2.45, 2.75) is 29.8 Å². The Labute approximate surface area is 118 Å². The fraction of sp³-hybridized carbons (Fsp3) is 0.500. The lowest BCUT2D eigenvalue weighted by Crippen LogP contribution is -2.41. The van der Waals surface area contributed by atoms with Crippen LogP contribution in [0.2, 0.25) is 0 Å². The van der Waals surface area contributed by atoms with Crippen molar-refractivity contribution in [3.63, 3.8) is 0 Å². The highest BCUT2D eigenvalue weighted by atomic mass is 32.2. The van der Waals surface area contributed by atoms with E-state index >= 15 is 0 Å². The molecule has 0 aliphatic carbocycles. The lowest BCUT2D eigenvalue weighted by molar-refractivity contribution is -0.128. The number of likely N-dealkylation sites (tertiary alicyclic amines) is 1. The van der Waals surface area contributed by atoms with Gasteiger partial charge in [-0.1, -0.05) is 18.2 Å². The first-order valence-electron chi connectivity index (χ1n) is 6.82. The highest BCUT2D eigenvalue weighted by Crippen LogP contribution is 2.32. The number of hydrogen-bond acceptors (Lipinski definition) is 4. The Hall–Kier alpha value is -1.40. The van der Waals surface area contributed by atoms with Gasteiger partial charge in [-0.05, 0) is 24.5 Å². The number of fused-ring (bicyclic) bond motifs is 1. The minimum atomic E-state index is -3.17. The molecule has 1 fully saturated rings. The molecule has 108 valence electrons. The Morgan fingerprint density at radius 2 is 1.95 bits per heavy atom. The zero-order valence-corrected chi connectivity index (χ0v) is 12.2. The first-order valence-corrected chi connectivity index (χ1v) is 8.47. The topological polar surface area (TPSA) is 66.5 Å². The molecule has 0 bridgehead atoms. The number of likely N-dealkylation sites (N-methyl/N-ethyl adjacent to an activating group) is 1. The molecule has 2 unspecified atom stereocenters. The van der Waals surface area contributed by atoms with Gasteiger partial charge in [-0.15, -0.1) is 0 Å². The molecule has 0 saturated carbocycles. The van der Waals surface area contributed by atoms with Gasteiger partial charge in [0, 0.05) is 19.6 Å². The van der Waals surface area contributed by atoms with Crippen molar-refractivity contribution in [1.29, 1.82) is 0 Å². The quantitative estimate of drug-likeness (QED) is 0.873. The largest absolute Gasteiger partial charge is 0.344 e. The van der Waals surface area contributed by atoms with Gasteiger partial charge in [0.1, 0.15) is 0 Å². The molecule has 0 radical (unpaired) electrons. The maximum absolute atomic E-state index is 12.1. The second kappa shape index (κ2) is 4.86. The zero-order valence-electron chi connectivity index (χ0n) is 11.4. The second-order valence-electron chi connectivity index (χ2n) is 5.47. The number of hydrogen-bond donors (Lipinski definition) is 1. The molecule has 1 N–H and O–H groups in total. The molecule has 1 saturated heterocycles. The van der Waals surface area contributed by atoms with Crippen molar-refractivity contribution in [2.24, 2.45) is 0 Å². The number of carbonyl (C=O) groups is 1. The number of nitrogens with zero attached hydrogens (tertiary/aromatic N) is 1. The van der Waals surface area contributed by atoms with Crippen LogP contribution in [-0.2, 0) is 14.6 Å². The van der Waals surface area contributed by atoms with E-state index in [1.165, 1.54) is 0 Å². The summed E-state index contributed by atoms with van der Waals surface area (Å²) in [5.74, 6) is 0.231. The predicted molar refractivity (Wildman–Crippen MR) is 75.0 cm³/mol. The lowest BCUT2D eigenvalue weighted by atomic mass is 10.0. The van der Waals surface area contributed by atoms with Gasteiger partial charge in [0.15, 0.2) is 9.84 Å². The third kappa shape index (κ3) is 2.23. The summed E-state index contributed by atoms with van der Waals surface area (Å²) in [6.45, 7) is 0.753. The average Bonchev–Trinajstić information content (AvgIpc) is 2.74. The van der Waals surface area contributed by atoms with Crippen LogP contribution < -0.4 is 5.32 Å². The zero-order chi connectivity index (χ0) is 14.3. The van der Waals surface area contributed by atoms with Crippen molar-refractivity contribution in [2.75, 3.05) is 19.3 Å². The molecular formula is C14H18N2O3S. The van der Waals surface area contributed by atoms with Crippen molar-refractivity contribution in [3.05, 3.63) is 29.8 Å². The summed E-state index contributed by atoms with van der Waals surface area (Å²) in [6.07, 6.45) is 1.30. The molecule has 2 atom stereocenters. The van der Waals surface area contributed by atoms with Crippen LogP contribution in [0.1, 0.15) is 24.4 Å². The molecule has 0 aromatic heterocycles. The lowest BCUT2D eigenvalue weighted by Gasteiger charge is -2.28. The number of nitrogens with one attached hydrogen (secondary N) is 1. The maximum Gasteiger partial charge on any atom is 0.239 e. The van der Waals surface area contributed by atoms with Crippen molar-refractivity contribution < 1.29 is 13.2 Å². The molecule has 6 heteroatoms. The third-order valence-corrected chi connectivity index (χ3v) is 5.95. The van der Waals surface area contributed by atoms with E-state index in [1.807, 2.05) is 12.1 Å². The summed E-state index contributed by atoms with van der Waals surface area (Å²) in [4.78, 5) is 14.1. The van der Waals surface area contributed by atoms with E-state index in [4.69, 9.17) is 0 Å². The molecular weight excluding hydrogens is 276 g/mol. The summed E-state index contributed by atoms with van der Waals surface area (Å²) in [5, 5.41) is 3.34. The summed E-state index contributed by atoms with van der Waals surface area (Å²) in [7, 11) is -1.37. The van der Waals surface area contributed by atoms with Gasteiger partial charge in [-0.25, -0.2) is 8.42 Å². The fourth-order valence-corrected chi connectivity index (χ4v) is 4.60. The highest BCUT2D eigenvalue weighted by molar-refractivity contribution is 7.91. The van der Waals surface area contributed by atoms with Gasteiger partial charge in [0.25, 0.3) is 0 Å². The van der Waals surface area contributed by atoms with Crippen LogP contribution in [0.4, 0.5) is 0 Å². The van der Waals surface area contributed by atoms with E-state index < -0.39 is 9.84 Å². The Balaban J connectivity index is 1.88. The molecule has 1 aromatic rings. The molecule has 1 amide bonds. The van der Waals surface area contributed by atoms with Crippen LogP contribution in [0.5, 0.6) is 0 Å². The molecule has 2 aliphatic heterocycles. The Morgan fingerprint density at radius 3 is 2.65 bits per heavy atom. The number of sulfone groups is 1. The Bertz CT molecular complexity index is 642. The minimum absolute atomic E-state index is 0.0600. The van der Waals surface area contributed by atoms with Crippen LogP contribution in [-0.4, -0.2) is 44.6 Å². The van der Waals surface area contributed by atoms with Gasteiger partial charge < -0.3 is 4.90 Å². The van der Waals surface area contributed by atoms with E-state index in [1.54, 1.807) is 24.1 Å². The third-order valence-electron chi connectivity index (χ3n) is 4.13. The first kappa shape index (κ1) is 13.6. The van der Waals surface area contributed by atoms with Gasteiger partial charge >= 0.3 is 0 Å². The molecule has 1 aromatic carbocycles. The SMILES string of the molecule is CN1CCC(NC2CCS(=O)(=O)c3ccccc32)C1=O. The maximum atomic E-state index is 12.1. The van der Waals surface area contributed by atoms with E-state index in [9.17, 15) is 13.2 Å². The van der Waals surface area contributed by atoms with Crippen LogP contribution >= 0.6 is 0 Å². The molecule has 2 heterocycles. The first-order chi connectivity index (χ1) is 9.49. The number of benzene rings is 1. The smallest absolute Gasteiger partial charge is 0.239 e. The van der Waals surface area contributed by atoms with E-state index in [0.717, 1.165) is 18.5 Å². The van der Waals surface area contributed by atoms with Gasteiger partial charge in [0.2, 0.25) is 5.91 Å². The molecule has 0 spiro atoms. The monoisotopic (exact) mass is 294 g/mol. The van der Waals surface area contributed by atoms with Crippen LogP contribution in [0.25, 0.3) is 0 Å². The van der Waals surface area contributed by atoms with Crippen molar-refractivity contribution >= 4 is 15.7 Å². The van der Waals surface area contributed by atoms with Crippen LogP contribution in [0, 0.1) is 0 Å². The molecule has 3 rings (SSSR count). The number of amides is 1. The standard InChI is InChI=1S/C14H18N2O3S/c1-16-8-6-12(14(16)17)15-11-7-9-20(18,19)13-5-3-2-4-10(11)13/h2-5,11-12,15H,6-9H2,1H3. The number of carbonyl (C=O) groups excluding carboxylic acids is 1. The summed E-state index contributed by atoms with van der Waals surface area (Å²) < 4.78 is 24.1. The fourth-order valence-electron chi connectivity index (χ4n) is 2.98. The minimum Gasteiger partial charge on any atom is -0.344 e. The molecule has 20 heavy (non-hydrogen) atoms. The summed E-state index contributed by atoms with van der Waals surface area (Å²) in [5.41, 5.74) is 0.793. The highest BCUT2D eigenvalue weighted by Gasteiger charge is 2.35. The summed E-state index contributed by atoms with van der Waals surface area (Å²) >= 11 is 0. The summed E-state index contributed by atoms with van der Waals surface area (Å²) in [6, 6.07) is 6.83. The predicted octanol–water partition coefficient (Wildman–Crippen LogP) is 0.725. The van der Waals surface area contributed by atoms with Crippen LogP contribution in [0.3, 0.4) is 0 Å². The van der Waals surface area contributed by atoms with Gasteiger partial charge in [-0.2, -0.15) is 0 Å². The van der Waals surface area contributed by atoms with Crippen molar-refractivity contribution in [1.82, 2.24) is 10.2 Å². The number of rotatable bonds is 2. The molecule has 2 aliphatic rings. The van der Waals surface area contributed by atoms with E-state index in [2.05, 4.69) is 5.32 Å². The normalized spacial score (nSPS) is 28.4. The second-order valence-corrected chi connectivity index (χ2v) is 7.54.